The van der Waals surface area contributed by atoms with Crippen molar-refractivity contribution in [1.29, 1.82) is 0 Å². The number of methoxy groups -OCH3 is 1. The Morgan fingerprint density at radius 1 is 1.33 bits per heavy atom. The third-order valence-electron chi connectivity index (χ3n) is 2.36. The average Bonchev–Trinajstić information content (AvgIpc) is 2.45. The van der Waals surface area contributed by atoms with Crippen LogP contribution in [0.15, 0.2) is 36.9 Å². The highest BCUT2D eigenvalue weighted by Gasteiger charge is 2.10. The lowest BCUT2D eigenvalue weighted by Gasteiger charge is -2.11. The fourth-order valence-corrected chi connectivity index (χ4v) is 1.46. The Balaban J connectivity index is 3.13. The molecule has 2 N–H and O–H groups in total. The van der Waals surface area contributed by atoms with Gasteiger partial charge in [-0.15, -0.1) is 0 Å². The molecule has 0 spiro atoms. The van der Waals surface area contributed by atoms with Crippen LogP contribution in [0, 0.1) is 0 Å². The predicted octanol–water partition coefficient (Wildman–Crippen LogP) is 1.65. The minimum absolute atomic E-state index is 0.208. The Hall–Kier alpha value is -2.76. The molecule has 1 aromatic carbocycles. The topological polar surface area (TPSA) is 87.8 Å². The molecule has 0 bridgehead atoms. The van der Waals surface area contributed by atoms with Gasteiger partial charge in [-0.25, -0.2) is 4.79 Å². The molecule has 6 nitrogen and oxygen atoms in total. The fourth-order valence-electron chi connectivity index (χ4n) is 1.46. The first-order valence-corrected chi connectivity index (χ1v) is 6.09. The van der Waals surface area contributed by atoms with Crippen molar-refractivity contribution in [3.8, 4) is 11.5 Å². The highest BCUT2D eigenvalue weighted by Crippen LogP contribution is 2.30. The van der Waals surface area contributed by atoms with E-state index >= 15 is 0 Å². The van der Waals surface area contributed by atoms with E-state index in [1.165, 1.54) is 20.1 Å². The van der Waals surface area contributed by atoms with Crippen LogP contribution in [0.1, 0.15) is 12.5 Å². The molecule has 0 heterocycles. The van der Waals surface area contributed by atoms with Crippen molar-refractivity contribution in [3.05, 3.63) is 42.5 Å². The summed E-state index contributed by atoms with van der Waals surface area (Å²) in [5.41, 5.74) is 6.54. The van der Waals surface area contributed by atoms with Gasteiger partial charge in [-0.1, -0.05) is 12.7 Å². The van der Waals surface area contributed by atoms with Gasteiger partial charge in [-0.3, -0.25) is 4.79 Å². The van der Waals surface area contributed by atoms with E-state index in [-0.39, 0.29) is 18.1 Å². The second kappa shape index (κ2) is 7.74. The van der Waals surface area contributed by atoms with E-state index < -0.39 is 11.9 Å². The number of ether oxygens (including phenoxy) is 3. The number of carbonyl (C=O) groups is 2. The highest BCUT2D eigenvalue weighted by atomic mass is 16.6. The van der Waals surface area contributed by atoms with Crippen LogP contribution in [0.3, 0.4) is 0 Å². The first-order chi connectivity index (χ1) is 9.97. The van der Waals surface area contributed by atoms with Gasteiger partial charge >= 0.3 is 11.9 Å². The summed E-state index contributed by atoms with van der Waals surface area (Å²) in [6.07, 6.45) is 2.70. The van der Waals surface area contributed by atoms with Crippen molar-refractivity contribution in [2.75, 3.05) is 13.7 Å². The molecule has 1 aromatic rings. The second-order valence-corrected chi connectivity index (χ2v) is 3.98. The maximum atomic E-state index is 11.2. The highest BCUT2D eigenvalue weighted by molar-refractivity contribution is 5.90. The molecule has 112 valence electrons. The lowest BCUT2D eigenvalue weighted by molar-refractivity contribution is -0.135. The van der Waals surface area contributed by atoms with Gasteiger partial charge in [0, 0.05) is 24.3 Å². The molecule has 0 unspecified atom stereocenters. The molecular formula is C15H17NO5. The van der Waals surface area contributed by atoms with Gasteiger partial charge in [-0.05, 0) is 18.2 Å². The normalized spacial score (nSPS) is 10.7. The molecule has 0 atom stereocenters. The van der Waals surface area contributed by atoms with E-state index in [4.69, 9.17) is 15.2 Å². The van der Waals surface area contributed by atoms with E-state index in [1.54, 1.807) is 18.2 Å². The van der Waals surface area contributed by atoms with Crippen molar-refractivity contribution in [3.63, 3.8) is 0 Å². The van der Waals surface area contributed by atoms with E-state index in [2.05, 4.69) is 11.3 Å². The third-order valence-corrected chi connectivity index (χ3v) is 2.36. The van der Waals surface area contributed by atoms with E-state index in [0.29, 0.717) is 11.3 Å². The number of hydrogen-bond acceptors (Lipinski definition) is 6. The number of carbonyl (C=O) groups excluding carboxylic acids is 2. The van der Waals surface area contributed by atoms with Gasteiger partial charge in [0.1, 0.15) is 6.61 Å². The van der Waals surface area contributed by atoms with Crippen LogP contribution in [0.5, 0.6) is 11.5 Å². The van der Waals surface area contributed by atoms with Crippen LogP contribution in [-0.4, -0.2) is 25.7 Å². The average molecular weight is 291 g/mol. The predicted molar refractivity (Wildman–Crippen MR) is 77.6 cm³/mol. The standard InChI is InChI=1S/C15H17NO5/c1-4-7-20-14-8-11(12(16)9-15(18)19-3)5-6-13(14)21-10(2)17/h4-6,8-9H,1,7,16H2,2-3H3. The zero-order chi connectivity index (χ0) is 15.8. The van der Waals surface area contributed by atoms with Crippen molar-refractivity contribution >= 4 is 17.6 Å². The smallest absolute Gasteiger partial charge is 0.332 e. The first kappa shape index (κ1) is 16.3. The zero-order valence-corrected chi connectivity index (χ0v) is 11.9. The SMILES string of the molecule is C=CCOc1cc(C(N)=CC(=O)OC)ccc1OC(C)=O. The molecule has 21 heavy (non-hydrogen) atoms. The third kappa shape index (κ3) is 5.02. The molecule has 1 rings (SSSR count). The Morgan fingerprint density at radius 3 is 2.62 bits per heavy atom. The van der Waals surface area contributed by atoms with Crippen LogP contribution in [0.25, 0.3) is 5.70 Å². The van der Waals surface area contributed by atoms with E-state index in [9.17, 15) is 9.59 Å². The van der Waals surface area contributed by atoms with Crippen molar-refractivity contribution < 1.29 is 23.8 Å². The Bertz CT molecular complexity index is 577. The van der Waals surface area contributed by atoms with Crippen LogP contribution < -0.4 is 15.2 Å². The quantitative estimate of drug-likeness (QED) is 0.371. The molecular weight excluding hydrogens is 274 g/mol. The number of nitrogens with two attached hydrogens (primary N) is 1. The van der Waals surface area contributed by atoms with Gasteiger partial charge in [0.25, 0.3) is 0 Å². The monoisotopic (exact) mass is 291 g/mol. The summed E-state index contributed by atoms with van der Waals surface area (Å²) in [7, 11) is 1.26. The van der Waals surface area contributed by atoms with Crippen LogP contribution in [0.4, 0.5) is 0 Å². The second-order valence-electron chi connectivity index (χ2n) is 3.98. The Morgan fingerprint density at radius 2 is 2.05 bits per heavy atom. The lowest BCUT2D eigenvalue weighted by Crippen LogP contribution is -2.06. The van der Waals surface area contributed by atoms with E-state index in [1.807, 2.05) is 0 Å². The van der Waals surface area contributed by atoms with Crippen LogP contribution in [0.2, 0.25) is 0 Å². The molecule has 0 aliphatic rings. The maximum Gasteiger partial charge on any atom is 0.332 e. The molecule has 0 fully saturated rings. The van der Waals surface area contributed by atoms with Gasteiger partial charge in [-0.2, -0.15) is 0 Å². The summed E-state index contributed by atoms with van der Waals surface area (Å²) >= 11 is 0. The summed E-state index contributed by atoms with van der Waals surface area (Å²) in [5.74, 6) is -0.447. The summed E-state index contributed by atoms with van der Waals surface area (Å²) in [6.45, 7) is 5.07. The largest absolute Gasteiger partial charge is 0.486 e. The minimum Gasteiger partial charge on any atom is -0.486 e. The summed E-state index contributed by atoms with van der Waals surface area (Å²) in [6, 6.07) is 4.71. The number of benzene rings is 1. The summed E-state index contributed by atoms with van der Waals surface area (Å²) in [4.78, 5) is 22.2. The fraction of sp³-hybridized carbons (Fsp3) is 0.200. The van der Waals surface area contributed by atoms with Gasteiger partial charge < -0.3 is 19.9 Å². The van der Waals surface area contributed by atoms with Gasteiger partial charge in [0.2, 0.25) is 0 Å². The first-order valence-electron chi connectivity index (χ1n) is 6.09. The summed E-state index contributed by atoms with van der Waals surface area (Å²) < 4.78 is 14.9. The van der Waals surface area contributed by atoms with Crippen molar-refractivity contribution in [2.24, 2.45) is 5.73 Å². The molecule has 0 radical (unpaired) electrons. The summed E-state index contributed by atoms with van der Waals surface area (Å²) in [5, 5.41) is 0. The molecule has 0 saturated heterocycles. The van der Waals surface area contributed by atoms with Gasteiger partial charge in [0.15, 0.2) is 11.5 Å². The molecule has 0 aromatic heterocycles. The Labute approximate surface area is 122 Å². The molecule has 6 heteroatoms. The van der Waals surface area contributed by atoms with Crippen molar-refractivity contribution in [2.45, 2.75) is 6.92 Å². The molecule has 0 amide bonds. The number of rotatable bonds is 6. The maximum absolute atomic E-state index is 11.2. The molecule has 0 aliphatic carbocycles. The lowest BCUT2D eigenvalue weighted by atomic mass is 10.1. The number of hydrogen-bond donors (Lipinski definition) is 1. The molecule has 0 aliphatic heterocycles. The van der Waals surface area contributed by atoms with Gasteiger partial charge in [0.05, 0.1) is 7.11 Å². The minimum atomic E-state index is -0.565. The van der Waals surface area contributed by atoms with E-state index in [0.717, 1.165) is 6.08 Å². The molecule has 0 saturated carbocycles. The van der Waals surface area contributed by atoms with Crippen molar-refractivity contribution in [1.82, 2.24) is 0 Å². The Kier molecular flexibility index (Phi) is 6.00. The number of esters is 2. The zero-order valence-electron chi connectivity index (χ0n) is 11.9. The van der Waals surface area contributed by atoms with Crippen LogP contribution >= 0.6 is 0 Å². The van der Waals surface area contributed by atoms with Crippen LogP contribution in [-0.2, 0) is 14.3 Å².